The summed E-state index contributed by atoms with van der Waals surface area (Å²) < 4.78 is 14.9. The van der Waals surface area contributed by atoms with Crippen molar-refractivity contribution in [1.29, 1.82) is 0 Å². The van der Waals surface area contributed by atoms with E-state index in [9.17, 15) is 9.59 Å². The molecule has 1 heterocycles. The van der Waals surface area contributed by atoms with E-state index in [0.717, 1.165) is 6.42 Å². The van der Waals surface area contributed by atoms with Crippen molar-refractivity contribution < 1.29 is 33.6 Å². The molecule has 0 saturated carbocycles. The van der Waals surface area contributed by atoms with Crippen LogP contribution in [0.2, 0.25) is 0 Å². The van der Waals surface area contributed by atoms with Crippen LogP contribution in [0.4, 0.5) is 4.79 Å². The van der Waals surface area contributed by atoms with E-state index >= 15 is 0 Å². The summed E-state index contributed by atoms with van der Waals surface area (Å²) in [4.78, 5) is 32.2. The van der Waals surface area contributed by atoms with Crippen LogP contribution in [0.3, 0.4) is 0 Å². The molecule has 114 valence electrons. The van der Waals surface area contributed by atoms with Gasteiger partial charge in [0, 0.05) is 5.57 Å². The van der Waals surface area contributed by atoms with E-state index in [1.165, 1.54) is 6.92 Å². The highest BCUT2D eigenvalue weighted by atomic mass is 17.3. The molecule has 7 heteroatoms. The van der Waals surface area contributed by atoms with Gasteiger partial charge in [-0.2, -0.15) is 0 Å². The van der Waals surface area contributed by atoms with Crippen LogP contribution in [0.15, 0.2) is 12.2 Å². The second-order valence-electron chi connectivity index (χ2n) is 5.16. The first kappa shape index (κ1) is 16.5. The summed E-state index contributed by atoms with van der Waals surface area (Å²) in [5.41, 5.74) is -0.543. The van der Waals surface area contributed by atoms with Crippen LogP contribution in [0.25, 0.3) is 0 Å². The van der Waals surface area contributed by atoms with Gasteiger partial charge in [-0.3, -0.25) is 0 Å². The highest BCUT2D eigenvalue weighted by Gasteiger charge is 2.51. The zero-order chi connectivity index (χ0) is 15.4. The Morgan fingerprint density at radius 3 is 2.35 bits per heavy atom. The van der Waals surface area contributed by atoms with Gasteiger partial charge in [0.15, 0.2) is 6.61 Å². The molecule has 0 aliphatic carbocycles. The van der Waals surface area contributed by atoms with Gasteiger partial charge in [0.2, 0.25) is 0 Å². The fraction of sp³-hybridized carbons (Fsp3) is 0.692. The molecule has 0 spiro atoms. The number of rotatable bonds is 6. The molecule has 1 fully saturated rings. The molecule has 0 aromatic carbocycles. The van der Waals surface area contributed by atoms with Crippen molar-refractivity contribution in [3.8, 4) is 0 Å². The van der Waals surface area contributed by atoms with Crippen LogP contribution in [0.1, 0.15) is 40.5 Å². The van der Waals surface area contributed by atoms with Crippen molar-refractivity contribution in [1.82, 2.24) is 0 Å². The summed E-state index contributed by atoms with van der Waals surface area (Å²) in [7, 11) is 0. The van der Waals surface area contributed by atoms with Crippen molar-refractivity contribution in [3.05, 3.63) is 12.2 Å². The maximum Gasteiger partial charge on any atom is 0.514 e. The van der Waals surface area contributed by atoms with Crippen LogP contribution < -0.4 is 0 Å². The average molecular weight is 288 g/mol. The predicted octanol–water partition coefficient (Wildman–Crippen LogP) is 2.45. The lowest BCUT2D eigenvalue weighted by Gasteiger charge is -2.36. The molecule has 1 aliphatic rings. The van der Waals surface area contributed by atoms with Gasteiger partial charge in [-0.25, -0.2) is 14.5 Å². The minimum atomic E-state index is -1.89. The Morgan fingerprint density at radius 1 is 1.35 bits per heavy atom. The normalized spacial score (nSPS) is 21.6. The first-order valence-electron chi connectivity index (χ1n) is 6.31. The van der Waals surface area contributed by atoms with Gasteiger partial charge in [-0.05, 0) is 27.2 Å². The van der Waals surface area contributed by atoms with Gasteiger partial charge in [0.1, 0.15) is 5.60 Å². The lowest BCUT2D eigenvalue weighted by molar-refractivity contribution is -0.587. The average Bonchev–Trinajstić information content (AvgIpc) is 2.24. The largest absolute Gasteiger partial charge is 0.514 e. The number of esters is 1. The van der Waals surface area contributed by atoms with Crippen LogP contribution in [0.5, 0.6) is 0 Å². The summed E-state index contributed by atoms with van der Waals surface area (Å²) in [6.45, 7) is 10.1. The van der Waals surface area contributed by atoms with Crippen LogP contribution in [-0.4, -0.2) is 30.3 Å². The molecule has 0 aromatic rings. The van der Waals surface area contributed by atoms with Crippen molar-refractivity contribution in [2.45, 2.75) is 52.1 Å². The molecule has 1 rings (SSSR count). The first-order chi connectivity index (χ1) is 9.20. The van der Waals surface area contributed by atoms with Gasteiger partial charge in [-0.15, -0.1) is 4.89 Å². The Hall–Kier alpha value is -1.60. The van der Waals surface area contributed by atoms with Crippen molar-refractivity contribution in [3.63, 3.8) is 0 Å². The maximum atomic E-state index is 11.7. The second kappa shape index (κ2) is 6.23. The molecule has 0 amide bonds. The number of hydrogen-bond donors (Lipinski definition) is 0. The summed E-state index contributed by atoms with van der Waals surface area (Å²) >= 11 is 0. The number of carbonyl (C=O) groups excluding carboxylic acids is 2. The number of hydrogen-bond acceptors (Lipinski definition) is 7. The fourth-order valence-corrected chi connectivity index (χ4v) is 1.52. The van der Waals surface area contributed by atoms with E-state index in [1.807, 2.05) is 6.92 Å². The highest BCUT2D eigenvalue weighted by molar-refractivity contribution is 5.87. The van der Waals surface area contributed by atoms with Gasteiger partial charge >= 0.3 is 18.1 Å². The molecule has 0 bridgehead atoms. The summed E-state index contributed by atoms with van der Waals surface area (Å²) in [6, 6.07) is 0. The predicted molar refractivity (Wildman–Crippen MR) is 67.2 cm³/mol. The minimum absolute atomic E-state index is 0.142. The summed E-state index contributed by atoms with van der Waals surface area (Å²) in [6.07, 6.45) is 0.509. The summed E-state index contributed by atoms with van der Waals surface area (Å²) in [5.74, 6) is -2.65. The second-order valence-corrected chi connectivity index (χ2v) is 5.16. The Labute approximate surface area is 117 Å². The zero-order valence-corrected chi connectivity index (χ0v) is 12.2. The molecule has 1 aliphatic heterocycles. The quantitative estimate of drug-likeness (QED) is 0.321. The third-order valence-corrected chi connectivity index (χ3v) is 2.47. The van der Waals surface area contributed by atoms with Gasteiger partial charge in [0.25, 0.3) is 0 Å². The third kappa shape index (κ3) is 4.50. The van der Waals surface area contributed by atoms with Gasteiger partial charge in [-0.1, -0.05) is 19.9 Å². The SMILES string of the molecule is C=C(C)C(=O)OC1(OC(=O)OC(C)(C)CCC)COO1. The van der Waals surface area contributed by atoms with E-state index < -0.39 is 23.7 Å². The van der Waals surface area contributed by atoms with E-state index in [0.29, 0.717) is 6.42 Å². The molecular formula is C13H20O7. The van der Waals surface area contributed by atoms with Crippen molar-refractivity contribution in [2.75, 3.05) is 6.61 Å². The first-order valence-corrected chi connectivity index (χ1v) is 6.31. The van der Waals surface area contributed by atoms with E-state index in [1.54, 1.807) is 13.8 Å². The Morgan fingerprint density at radius 2 is 1.95 bits per heavy atom. The standard InChI is InChI=1S/C13H20O7/c1-6-7-12(4,5)18-11(15)19-13(8-16-20-13)17-10(14)9(2)3/h2,6-8H2,1,3-5H3. The van der Waals surface area contributed by atoms with Crippen molar-refractivity contribution >= 4 is 12.1 Å². The molecule has 0 radical (unpaired) electrons. The molecule has 1 atom stereocenters. The molecule has 1 saturated heterocycles. The molecule has 1 unspecified atom stereocenters. The Bertz CT molecular complexity index is 396. The zero-order valence-electron chi connectivity index (χ0n) is 12.2. The van der Waals surface area contributed by atoms with E-state index in [-0.39, 0.29) is 12.2 Å². The highest BCUT2D eigenvalue weighted by Crippen LogP contribution is 2.28. The van der Waals surface area contributed by atoms with E-state index in [2.05, 4.69) is 16.4 Å². The lowest BCUT2D eigenvalue weighted by atomic mass is 10.0. The van der Waals surface area contributed by atoms with Crippen molar-refractivity contribution in [2.24, 2.45) is 0 Å². The Kier molecular flexibility index (Phi) is 5.13. The molecule has 7 nitrogen and oxygen atoms in total. The van der Waals surface area contributed by atoms with Crippen LogP contribution in [0, 0.1) is 0 Å². The molecule has 0 N–H and O–H groups in total. The topological polar surface area (TPSA) is 80.3 Å². The van der Waals surface area contributed by atoms with E-state index in [4.69, 9.17) is 14.2 Å². The van der Waals surface area contributed by atoms with Gasteiger partial charge < -0.3 is 14.2 Å². The monoisotopic (exact) mass is 288 g/mol. The fourth-order valence-electron chi connectivity index (χ4n) is 1.52. The molecule has 20 heavy (non-hydrogen) atoms. The molecular weight excluding hydrogens is 268 g/mol. The van der Waals surface area contributed by atoms with Crippen LogP contribution in [-0.2, 0) is 28.8 Å². The number of carbonyl (C=O) groups is 2. The minimum Gasteiger partial charge on any atom is -0.428 e. The third-order valence-electron chi connectivity index (χ3n) is 2.47. The smallest absolute Gasteiger partial charge is 0.428 e. The lowest BCUT2D eigenvalue weighted by Crippen LogP contribution is -2.55. The van der Waals surface area contributed by atoms with Crippen LogP contribution >= 0.6 is 0 Å². The van der Waals surface area contributed by atoms with Gasteiger partial charge in [0.05, 0.1) is 0 Å². The summed E-state index contributed by atoms with van der Waals surface area (Å²) in [5, 5.41) is 0. The molecule has 0 aromatic heterocycles. The number of ether oxygens (including phenoxy) is 3. The Balaban J connectivity index is 2.58. The maximum absolute atomic E-state index is 11.7.